The molecular weight excluding hydrogens is 320 g/mol. The van der Waals surface area contributed by atoms with E-state index < -0.39 is 29.6 Å². The van der Waals surface area contributed by atoms with E-state index >= 15 is 0 Å². The highest BCUT2D eigenvalue weighted by molar-refractivity contribution is 6.06. The predicted molar refractivity (Wildman–Crippen MR) is 87.6 cm³/mol. The van der Waals surface area contributed by atoms with Crippen molar-refractivity contribution in [3.8, 4) is 0 Å². The standard InChI is InChI=1S/C19H16N2O4/c1-2-25-19(24)16-15-13(20-21-18(16)23)8-7-11-9-10-5-3-4-6-12(10)17(22)14(11)15/h3-8,14-16H,2,9H2,1H3. The Labute approximate surface area is 144 Å². The van der Waals surface area contributed by atoms with Crippen molar-refractivity contribution in [2.45, 2.75) is 13.3 Å². The maximum atomic E-state index is 13.1. The summed E-state index contributed by atoms with van der Waals surface area (Å²) in [4.78, 5) is 37.8. The van der Waals surface area contributed by atoms with E-state index in [0.717, 1.165) is 11.1 Å². The number of ether oxygens (including phenoxy) is 1. The molecule has 1 aromatic rings. The van der Waals surface area contributed by atoms with Gasteiger partial charge >= 0.3 is 5.97 Å². The first-order chi connectivity index (χ1) is 12.1. The number of amides is 1. The van der Waals surface area contributed by atoms with Crippen LogP contribution < -0.4 is 0 Å². The molecule has 6 heteroatoms. The number of nitrogens with zero attached hydrogens (tertiary/aromatic N) is 2. The van der Waals surface area contributed by atoms with Crippen molar-refractivity contribution >= 4 is 17.7 Å². The Morgan fingerprint density at radius 3 is 2.80 bits per heavy atom. The molecule has 0 saturated heterocycles. The lowest BCUT2D eigenvalue weighted by Gasteiger charge is -2.38. The molecule has 4 rings (SSSR count). The minimum Gasteiger partial charge on any atom is -0.465 e. The van der Waals surface area contributed by atoms with Crippen molar-refractivity contribution in [1.82, 2.24) is 0 Å². The average Bonchev–Trinajstić information content (AvgIpc) is 2.61. The van der Waals surface area contributed by atoms with Crippen LogP contribution in [-0.4, -0.2) is 24.3 Å². The summed E-state index contributed by atoms with van der Waals surface area (Å²) in [5, 5.41) is 7.52. The Morgan fingerprint density at radius 1 is 1.20 bits per heavy atom. The molecule has 3 aliphatic rings. The second-order valence-electron chi connectivity index (χ2n) is 6.30. The summed E-state index contributed by atoms with van der Waals surface area (Å²) in [6.45, 7) is 1.84. The normalized spacial score (nSPS) is 26.8. The van der Waals surface area contributed by atoms with Crippen LogP contribution in [0.25, 0.3) is 0 Å². The SMILES string of the molecule is CCOC(=O)C1C(=O)N=NC2=CC=C3Cc4ccccc4C(=O)C3C21. The summed E-state index contributed by atoms with van der Waals surface area (Å²) in [7, 11) is 0. The third-order valence-corrected chi connectivity index (χ3v) is 4.96. The average molecular weight is 336 g/mol. The molecule has 1 heterocycles. The molecule has 0 spiro atoms. The van der Waals surface area contributed by atoms with Gasteiger partial charge in [0.1, 0.15) is 5.92 Å². The molecule has 0 aromatic heterocycles. The molecule has 3 atom stereocenters. The number of hydrogen-bond acceptors (Lipinski definition) is 5. The molecule has 25 heavy (non-hydrogen) atoms. The minimum absolute atomic E-state index is 0.0806. The number of rotatable bonds is 2. The molecule has 0 fully saturated rings. The fourth-order valence-electron chi connectivity index (χ4n) is 3.88. The van der Waals surface area contributed by atoms with Crippen molar-refractivity contribution in [3.05, 3.63) is 58.8 Å². The van der Waals surface area contributed by atoms with Gasteiger partial charge in [-0.05, 0) is 25.0 Å². The number of azo groups is 1. The molecule has 1 aromatic carbocycles. The molecule has 0 saturated carbocycles. The molecule has 1 aliphatic heterocycles. The zero-order chi connectivity index (χ0) is 17.6. The summed E-state index contributed by atoms with van der Waals surface area (Å²) in [6, 6.07) is 7.44. The first kappa shape index (κ1) is 15.6. The van der Waals surface area contributed by atoms with Gasteiger partial charge < -0.3 is 4.74 Å². The van der Waals surface area contributed by atoms with E-state index in [1.54, 1.807) is 19.1 Å². The lowest BCUT2D eigenvalue weighted by molar-refractivity contribution is -0.154. The van der Waals surface area contributed by atoms with Crippen molar-refractivity contribution in [2.24, 2.45) is 28.0 Å². The van der Waals surface area contributed by atoms with E-state index in [4.69, 9.17) is 4.74 Å². The summed E-state index contributed by atoms with van der Waals surface area (Å²) >= 11 is 0. The summed E-state index contributed by atoms with van der Waals surface area (Å²) < 4.78 is 5.07. The van der Waals surface area contributed by atoms with Crippen LogP contribution in [0.3, 0.4) is 0 Å². The zero-order valence-corrected chi connectivity index (χ0v) is 13.6. The number of Topliss-reactive ketones (excluding diaryl/α,β-unsaturated/α-hetero) is 1. The zero-order valence-electron chi connectivity index (χ0n) is 13.6. The molecule has 3 unspecified atom stereocenters. The molecule has 0 N–H and O–H groups in total. The molecule has 6 nitrogen and oxygen atoms in total. The van der Waals surface area contributed by atoms with Gasteiger partial charge in [0, 0.05) is 11.5 Å². The Hall–Kier alpha value is -2.89. The molecule has 0 bridgehead atoms. The maximum absolute atomic E-state index is 13.1. The Kier molecular flexibility index (Phi) is 3.67. The van der Waals surface area contributed by atoms with Crippen LogP contribution in [0, 0.1) is 17.8 Å². The van der Waals surface area contributed by atoms with E-state index in [1.807, 2.05) is 24.3 Å². The Bertz CT molecular complexity index is 881. The maximum Gasteiger partial charge on any atom is 0.319 e. The van der Waals surface area contributed by atoms with Gasteiger partial charge in [-0.15, -0.1) is 5.11 Å². The fourth-order valence-corrected chi connectivity index (χ4v) is 3.88. The number of allylic oxidation sites excluding steroid dienone is 4. The monoisotopic (exact) mass is 336 g/mol. The smallest absolute Gasteiger partial charge is 0.319 e. The minimum atomic E-state index is -1.12. The van der Waals surface area contributed by atoms with Crippen molar-refractivity contribution in [1.29, 1.82) is 0 Å². The Morgan fingerprint density at radius 2 is 2.00 bits per heavy atom. The molecule has 2 aliphatic carbocycles. The van der Waals surface area contributed by atoms with Crippen LogP contribution in [0.4, 0.5) is 0 Å². The molecule has 126 valence electrons. The van der Waals surface area contributed by atoms with Gasteiger partial charge in [-0.3, -0.25) is 14.4 Å². The lowest BCUT2D eigenvalue weighted by atomic mass is 9.65. The van der Waals surface area contributed by atoms with Crippen molar-refractivity contribution in [3.63, 3.8) is 0 Å². The summed E-state index contributed by atoms with van der Waals surface area (Å²) in [5.74, 6) is -3.71. The summed E-state index contributed by atoms with van der Waals surface area (Å²) in [6.07, 6.45) is 4.23. The number of carbonyl (C=O) groups excluding carboxylic acids is 3. The highest BCUT2D eigenvalue weighted by Crippen LogP contribution is 2.45. The van der Waals surface area contributed by atoms with Gasteiger partial charge in [-0.1, -0.05) is 35.9 Å². The number of ketones is 1. The van der Waals surface area contributed by atoms with Crippen LogP contribution in [0.15, 0.2) is 57.9 Å². The highest BCUT2D eigenvalue weighted by atomic mass is 16.5. The van der Waals surface area contributed by atoms with Crippen LogP contribution in [0.2, 0.25) is 0 Å². The van der Waals surface area contributed by atoms with Gasteiger partial charge in [0.25, 0.3) is 5.91 Å². The quantitative estimate of drug-likeness (QED) is 0.614. The topological polar surface area (TPSA) is 85.2 Å². The van der Waals surface area contributed by atoms with Crippen molar-refractivity contribution < 1.29 is 19.1 Å². The number of esters is 1. The van der Waals surface area contributed by atoms with Gasteiger partial charge in [-0.25, -0.2) is 0 Å². The molecular formula is C19H16N2O4. The van der Waals surface area contributed by atoms with E-state index in [2.05, 4.69) is 10.2 Å². The molecule has 0 radical (unpaired) electrons. The summed E-state index contributed by atoms with van der Waals surface area (Å²) in [5.41, 5.74) is 2.99. The van der Waals surface area contributed by atoms with Crippen LogP contribution in [0.1, 0.15) is 22.8 Å². The number of hydrogen-bond donors (Lipinski definition) is 0. The number of carbonyl (C=O) groups is 3. The van der Waals surface area contributed by atoms with Crippen LogP contribution in [0.5, 0.6) is 0 Å². The van der Waals surface area contributed by atoms with E-state index in [9.17, 15) is 14.4 Å². The van der Waals surface area contributed by atoms with Gasteiger partial charge in [0.2, 0.25) is 0 Å². The van der Waals surface area contributed by atoms with Crippen LogP contribution in [-0.2, 0) is 20.7 Å². The second-order valence-corrected chi connectivity index (χ2v) is 6.30. The van der Waals surface area contributed by atoms with Crippen LogP contribution >= 0.6 is 0 Å². The van der Waals surface area contributed by atoms with E-state index in [1.165, 1.54) is 0 Å². The third kappa shape index (κ3) is 2.36. The number of fused-ring (bicyclic) bond motifs is 4. The third-order valence-electron chi connectivity index (χ3n) is 4.96. The number of benzene rings is 1. The first-order valence-electron chi connectivity index (χ1n) is 8.26. The molecule has 1 amide bonds. The van der Waals surface area contributed by atoms with Gasteiger partial charge in [0.15, 0.2) is 5.78 Å². The highest BCUT2D eigenvalue weighted by Gasteiger charge is 2.51. The fraction of sp³-hybridized carbons (Fsp3) is 0.316. The van der Waals surface area contributed by atoms with Gasteiger partial charge in [0.05, 0.1) is 18.2 Å². The largest absolute Gasteiger partial charge is 0.465 e. The van der Waals surface area contributed by atoms with E-state index in [-0.39, 0.29) is 12.4 Å². The second kappa shape index (κ2) is 5.88. The lowest BCUT2D eigenvalue weighted by Crippen LogP contribution is -2.44. The van der Waals surface area contributed by atoms with Gasteiger partial charge in [-0.2, -0.15) is 5.11 Å². The predicted octanol–water partition coefficient (Wildman–Crippen LogP) is 2.65. The van der Waals surface area contributed by atoms with Crippen molar-refractivity contribution in [2.75, 3.05) is 6.61 Å². The first-order valence-corrected chi connectivity index (χ1v) is 8.26. The Balaban J connectivity index is 1.82. The van der Waals surface area contributed by atoms with E-state index in [0.29, 0.717) is 17.7 Å².